The van der Waals surface area contributed by atoms with Crippen molar-refractivity contribution in [3.05, 3.63) is 52.4 Å². The third kappa shape index (κ3) is 3.75. The molecule has 2 amide bonds. The quantitative estimate of drug-likeness (QED) is 0.879. The topological polar surface area (TPSA) is 54.0 Å². The van der Waals surface area contributed by atoms with E-state index in [1.165, 1.54) is 24.3 Å². The molecule has 1 aromatic heterocycles. The molecule has 0 saturated heterocycles. The fourth-order valence-corrected chi connectivity index (χ4v) is 1.64. The summed E-state index contributed by atoms with van der Waals surface area (Å²) in [7, 11) is 0. The lowest BCUT2D eigenvalue weighted by Crippen LogP contribution is -2.20. The van der Waals surface area contributed by atoms with Crippen LogP contribution in [0.5, 0.6) is 0 Å². The van der Waals surface area contributed by atoms with E-state index in [1.807, 2.05) is 6.92 Å². The third-order valence-electron chi connectivity index (χ3n) is 2.39. The molecule has 2 aromatic rings. The third-order valence-corrected chi connectivity index (χ3v) is 3.22. The van der Waals surface area contributed by atoms with Gasteiger partial charge >= 0.3 is 6.03 Å². The first kappa shape index (κ1) is 13.5. The lowest BCUT2D eigenvalue weighted by molar-refractivity contribution is 0.262. The number of halogens is 2. The van der Waals surface area contributed by atoms with Gasteiger partial charge in [0.25, 0.3) is 0 Å². The number of anilines is 2. The van der Waals surface area contributed by atoms with Crippen molar-refractivity contribution in [3.8, 4) is 0 Å². The number of amides is 2. The molecule has 0 spiro atoms. The maximum absolute atomic E-state index is 12.7. The highest BCUT2D eigenvalue weighted by Crippen LogP contribution is 2.17. The van der Waals surface area contributed by atoms with Gasteiger partial charge in [-0.25, -0.2) is 14.2 Å². The van der Waals surface area contributed by atoms with Crippen molar-refractivity contribution in [2.75, 3.05) is 10.6 Å². The first-order valence-electron chi connectivity index (χ1n) is 5.50. The molecule has 0 aliphatic carbocycles. The molecule has 1 heterocycles. The van der Waals surface area contributed by atoms with Gasteiger partial charge in [0.15, 0.2) is 0 Å². The summed E-state index contributed by atoms with van der Waals surface area (Å²) < 4.78 is 13.6. The molecule has 0 fully saturated rings. The molecule has 2 rings (SSSR count). The van der Waals surface area contributed by atoms with Gasteiger partial charge in [0, 0.05) is 16.4 Å². The Hall–Kier alpha value is -1.95. The Morgan fingerprint density at radius 2 is 1.95 bits per heavy atom. The minimum Gasteiger partial charge on any atom is -0.308 e. The summed E-state index contributed by atoms with van der Waals surface area (Å²) in [4.78, 5) is 15.8. The van der Waals surface area contributed by atoms with Crippen molar-refractivity contribution in [2.45, 2.75) is 6.92 Å². The molecule has 98 valence electrons. The summed E-state index contributed by atoms with van der Waals surface area (Å²) in [5, 5.41) is 5.18. The molecule has 2 N–H and O–H groups in total. The highest BCUT2D eigenvalue weighted by Gasteiger charge is 2.05. The molecule has 1 aromatic carbocycles. The van der Waals surface area contributed by atoms with Crippen LogP contribution in [0, 0.1) is 12.7 Å². The number of pyridine rings is 1. The standard InChI is InChI=1S/C13H11BrFN3O/c1-8-6-12(16-7-11(8)14)18-13(19)17-10-4-2-9(15)3-5-10/h2-7H,1H3,(H2,16,17,18,19). The Morgan fingerprint density at radius 1 is 1.26 bits per heavy atom. The normalized spacial score (nSPS) is 10.1. The maximum Gasteiger partial charge on any atom is 0.324 e. The average molecular weight is 324 g/mol. The van der Waals surface area contributed by atoms with Crippen LogP contribution in [0.25, 0.3) is 0 Å². The highest BCUT2D eigenvalue weighted by atomic mass is 79.9. The number of aromatic nitrogens is 1. The molecular formula is C13H11BrFN3O. The summed E-state index contributed by atoms with van der Waals surface area (Å²) >= 11 is 3.33. The summed E-state index contributed by atoms with van der Waals surface area (Å²) in [5.74, 6) is 0.0940. The maximum atomic E-state index is 12.7. The van der Waals surface area contributed by atoms with Crippen molar-refractivity contribution in [2.24, 2.45) is 0 Å². The molecule has 0 bridgehead atoms. The predicted molar refractivity (Wildman–Crippen MR) is 75.7 cm³/mol. The van der Waals surface area contributed by atoms with Gasteiger partial charge in [-0.05, 0) is 58.7 Å². The van der Waals surface area contributed by atoms with E-state index in [4.69, 9.17) is 0 Å². The molecule has 4 nitrogen and oxygen atoms in total. The number of hydrogen-bond acceptors (Lipinski definition) is 2. The lowest BCUT2D eigenvalue weighted by Gasteiger charge is -2.08. The number of hydrogen-bond donors (Lipinski definition) is 2. The van der Waals surface area contributed by atoms with Gasteiger partial charge in [-0.3, -0.25) is 5.32 Å². The van der Waals surface area contributed by atoms with Crippen molar-refractivity contribution >= 4 is 33.5 Å². The molecule has 0 aliphatic rings. The molecule has 0 unspecified atom stereocenters. The zero-order valence-electron chi connectivity index (χ0n) is 10.1. The second-order valence-corrected chi connectivity index (χ2v) is 4.76. The summed E-state index contributed by atoms with van der Waals surface area (Å²) in [5.41, 5.74) is 1.47. The van der Waals surface area contributed by atoms with Crippen LogP contribution in [-0.4, -0.2) is 11.0 Å². The van der Waals surface area contributed by atoms with E-state index in [0.29, 0.717) is 11.5 Å². The van der Waals surface area contributed by atoms with Crippen LogP contribution in [0.2, 0.25) is 0 Å². The molecule has 0 saturated carbocycles. The minimum absolute atomic E-state index is 0.351. The first-order valence-corrected chi connectivity index (χ1v) is 6.29. The van der Waals surface area contributed by atoms with E-state index >= 15 is 0 Å². The summed E-state index contributed by atoms with van der Waals surface area (Å²) in [6, 6.07) is 6.83. The number of urea groups is 1. The Balaban J connectivity index is 2.01. The fourth-order valence-electron chi connectivity index (χ4n) is 1.42. The Labute approximate surface area is 118 Å². The van der Waals surface area contributed by atoms with Gasteiger partial charge in [0.2, 0.25) is 0 Å². The molecule has 6 heteroatoms. The molecule has 0 aliphatic heterocycles. The van der Waals surface area contributed by atoms with Crippen molar-refractivity contribution in [1.82, 2.24) is 4.98 Å². The van der Waals surface area contributed by atoms with Crippen LogP contribution in [0.4, 0.5) is 20.7 Å². The molecule has 19 heavy (non-hydrogen) atoms. The zero-order chi connectivity index (χ0) is 13.8. The van der Waals surface area contributed by atoms with Gasteiger partial charge in [-0.1, -0.05) is 0 Å². The number of rotatable bonds is 2. The van der Waals surface area contributed by atoms with Crippen LogP contribution >= 0.6 is 15.9 Å². The van der Waals surface area contributed by atoms with Crippen LogP contribution < -0.4 is 10.6 Å². The van der Waals surface area contributed by atoms with Crippen LogP contribution in [0.3, 0.4) is 0 Å². The zero-order valence-corrected chi connectivity index (χ0v) is 11.7. The van der Waals surface area contributed by atoms with E-state index in [-0.39, 0.29) is 5.82 Å². The van der Waals surface area contributed by atoms with E-state index in [2.05, 4.69) is 31.5 Å². The van der Waals surface area contributed by atoms with Gasteiger partial charge < -0.3 is 5.32 Å². The van der Waals surface area contributed by atoms with Crippen molar-refractivity contribution in [1.29, 1.82) is 0 Å². The largest absolute Gasteiger partial charge is 0.324 e. The Bertz CT molecular complexity index is 601. The SMILES string of the molecule is Cc1cc(NC(=O)Nc2ccc(F)cc2)ncc1Br. The number of carbonyl (C=O) groups is 1. The van der Waals surface area contributed by atoms with E-state index in [9.17, 15) is 9.18 Å². The number of benzene rings is 1. The lowest BCUT2D eigenvalue weighted by atomic mass is 10.3. The van der Waals surface area contributed by atoms with E-state index in [1.54, 1.807) is 12.3 Å². The number of nitrogens with zero attached hydrogens (tertiary/aromatic N) is 1. The molecule has 0 atom stereocenters. The Kier molecular flexibility index (Phi) is 4.11. The number of carbonyl (C=O) groups excluding carboxylic acids is 1. The molecular weight excluding hydrogens is 313 g/mol. The van der Waals surface area contributed by atoms with Gasteiger partial charge in [0.1, 0.15) is 11.6 Å². The van der Waals surface area contributed by atoms with Gasteiger partial charge in [-0.15, -0.1) is 0 Å². The highest BCUT2D eigenvalue weighted by molar-refractivity contribution is 9.10. The van der Waals surface area contributed by atoms with Crippen LogP contribution in [0.1, 0.15) is 5.56 Å². The minimum atomic E-state index is -0.430. The summed E-state index contributed by atoms with van der Waals surface area (Å²) in [6.45, 7) is 1.90. The number of nitrogens with one attached hydrogen (secondary N) is 2. The first-order chi connectivity index (χ1) is 9.04. The van der Waals surface area contributed by atoms with Crippen LogP contribution in [-0.2, 0) is 0 Å². The van der Waals surface area contributed by atoms with E-state index < -0.39 is 6.03 Å². The average Bonchev–Trinajstić information content (AvgIpc) is 2.37. The van der Waals surface area contributed by atoms with Crippen molar-refractivity contribution in [3.63, 3.8) is 0 Å². The fraction of sp³-hybridized carbons (Fsp3) is 0.0769. The second-order valence-electron chi connectivity index (χ2n) is 3.90. The predicted octanol–water partition coefficient (Wildman–Crippen LogP) is 3.94. The van der Waals surface area contributed by atoms with Gasteiger partial charge in [0.05, 0.1) is 0 Å². The van der Waals surface area contributed by atoms with Crippen LogP contribution in [0.15, 0.2) is 41.0 Å². The molecule has 0 radical (unpaired) electrons. The van der Waals surface area contributed by atoms with Crippen molar-refractivity contribution < 1.29 is 9.18 Å². The summed E-state index contributed by atoms with van der Waals surface area (Å²) in [6.07, 6.45) is 1.61. The number of aryl methyl sites for hydroxylation is 1. The monoisotopic (exact) mass is 323 g/mol. The van der Waals surface area contributed by atoms with E-state index in [0.717, 1.165) is 10.0 Å². The Morgan fingerprint density at radius 3 is 2.58 bits per heavy atom. The second kappa shape index (κ2) is 5.79. The smallest absolute Gasteiger partial charge is 0.308 e. The van der Waals surface area contributed by atoms with Gasteiger partial charge in [-0.2, -0.15) is 0 Å².